The van der Waals surface area contributed by atoms with Gasteiger partial charge in [-0.2, -0.15) is 8.42 Å². The maximum atomic E-state index is 12.3. The van der Waals surface area contributed by atoms with Crippen LogP contribution in [0.4, 0.5) is 0 Å². The third-order valence-electron chi connectivity index (χ3n) is 3.19. The Morgan fingerprint density at radius 1 is 1.24 bits per heavy atom. The van der Waals surface area contributed by atoms with E-state index in [0.29, 0.717) is 10.7 Å². The van der Waals surface area contributed by atoms with E-state index in [1.54, 1.807) is 30.6 Å². The highest BCUT2D eigenvalue weighted by Gasteiger charge is 2.26. The van der Waals surface area contributed by atoms with Crippen molar-refractivity contribution in [2.45, 2.75) is 4.90 Å². The van der Waals surface area contributed by atoms with Gasteiger partial charge in [0.2, 0.25) is 0 Å². The van der Waals surface area contributed by atoms with Crippen molar-refractivity contribution in [3.05, 3.63) is 59.3 Å². The Bertz CT molecular complexity index is 953. The number of amidine groups is 1. The first-order chi connectivity index (χ1) is 12.0. The molecule has 1 amide bonds. The molecule has 1 fully saturated rings. The second kappa shape index (κ2) is 7.08. The molecule has 0 bridgehead atoms. The highest BCUT2D eigenvalue weighted by atomic mass is 32.2. The smallest absolute Gasteiger partial charge is 0.284 e. The van der Waals surface area contributed by atoms with Crippen molar-refractivity contribution in [3.63, 3.8) is 0 Å². The van der Waals surface area contributed by atoms with Crippen LogP contribution < -0.4 is 10.1 Å². The lowest BCUT2D eigenvalue weighted by Gasteiger charge is -2.02. The lowest BCUT2D eigenvalue weighted by Crippen LogP contribution is -2.20. The van der Waals surface area contributed by atoms with Crippen LogP contribution in [0.25, 0.3) is 6.08 Å². The Balaban J connectivity index is 1.84. The summed E-state index contributed by atoms with van der Waals surface area (Å²) in [5.74, 6) is 0.134. The molecule has 1 saturated heterocycles. The predicted molar refractivity (Wildman–Crippen MR) is 95.6 cm³/mol. The molecule has 0 saturated carbocycles. The highest BCUT2D eigenvalue weighted by Crippen LogP contribution is 2.27. The largest absolute Gasteiger partial charge is 0.497 e. The topological polar surface area (TPSA) is 97.7 Å². The number of pyridine rings is 1. The van der Waals surface area contributed by atoms with Gasteiger partial charge in [0, 0.05) is 12.4 Å². The highest BCUT2D eigenvalue weighted by molar-refractivity contribution is 8.19. The van der Waals surface area contributed by atoms with Gasteiger partial charge in [-0.25, -0.2) is 0 Å². The van der Waals surface area contributed by atoms with Crippen molar-refractivity contribution in [2.75, 3.05) is 7.11 Å². The molecule has 25 heavy (non-hydrogen) atoms. The molecule has 1 aliphatic rings. The zero-order valence-electron chi connectivity index (χ0n) is 13.0. The van der Waals surface area contributed by atoms with Gasteiger partial charge in [-0.1, -0.05) is 6.07 Å². The van der Waals surface area contributed by atoms with E-state index >= 15 is 0 Å². The van der Waals surface area contributed by atoms with Crippen LogP contribution in [0, 0.1) is 0 Å². The maximum Gasteiger partial charge on any atom is 0.284 e. The number of methoxy groups -OCH3 is 1. The van der Waals surface area contributed by atoms with Crippen LogP contribution in [0.1, 0.15) is 5.56 Å². The van der Waals surface area contributed by atoms with Crippen LogP contribution in [0.3, 0.4) is 0 Å². The summed E-state index contributed by atoms with van der Waals surface area (Å²) in [4.78, 5) is 16.3. The Labute approximate surface area is 148 Å². The molecule has 0 spiro atoms. The molecular weight excluding hydrogens is 362 g/mol. The number of aromatic nitrogens is 1. The number of nitrogens with zero attached hydrogens (tertiary/aromatic N) is 2. The number of nitrogens with one attached hydrogen (secondary N) is 1. The van der Waals surface area contributed by atoms with E-state index in [0.717, 1.165) is 17.3 Å². The molecule has 3 rings (SSSR count). The molecule has 0 radical (unpaired) electrons. The lowest BCUT2D eigenvalue weighted by atomic mass is 10.2. The van der Waals surface area contributed by atoms with E-state index in [1.807, 2.05) is 0 Å². The summed E-state index contributed by atoms with van der Waals surface area (Å²) in [5, 5.41) is 2.46. The Hall–Kier alpha value is -2.65. The van der Waals surface area contributed by atoms with Gasteiger partial charge in [0.05, 0.1) is 16.9 Å². The molecule has 1 N–H and O–H groups in total. The van der Waals surface area contributed by atoms with Crippen molar-refractivity contribution < 1.29 is 17.9 Å². The van der Waals surface area contributed by atoms with E-state index < -0.39 is 15.9 Å². The summed E-state index contributed by atoms with van der Waals surface area (Å²) < 4.78 is 33.4. The maximum absolute atomic E-state index is 12.3. The second-order valence-corrected chi connectivity index (χ2v) is 7.53. The van der Waals surface area contributed by atoms with Crippen LogP contribution in [0.15, 0.2) is 63.0 Å². The first kappa shape index (κ1) is 17.2. The van der Waals surface area contributed by atoms with E-state index in [2.05, 4.69) is 14.7 Å². The number of rotatable bonds is 4. The fourth-order valence-electron chi connectivity index (χ4n) is 1.99. The standard InChI is InChI=1S/C16H13N3O4S2/c1-23-12-4-6-13(7-5-12)25(21,22)19-16-18-15(20)14(24-16)9-11-3-2-8-17-10-11/h2-10H,1H3,(H,18,19,20)/b14-9+. The first-order valence-electron chi connectivity index (χ1n) is 7.08. The number of hydrogen-bond acceptors (Lipinski definition) is 6. The van der Waals surface area contributed by atoms with Crippen molar-refractivity contribution in [3.8, 4) is 5.75 Å². The van der Waals surface area contributed by atoms with Crippen molar-refractivity contribution >= 4 is 38.9 Å². The van der Waals surface area contributed by atoms with Gasteiger partial charge in [0.1, 0.15) is 5.75 Å². The first-order valence-corrected chi connectivity index (χ1v) is 9.33. The van der Waals surface area contributed by atoms with Gasteiger partial charge in [0.25, 0.3) is 15.9 Å². The number of sulfonamides is 1. The molecule has 2 aromatic rings. The number of carbonyl (C=O) groups is 1. The number of hydrogen-bond donors (Lipinski definition) is 1. The average molecular weight is 375 g/mol. The van der Waals surface area contributed by atoms with Crippen LogP contribution in [0.5, 0.6) is 5.75 Å². The predicted octanol–water partition coefficient (Wildman–Crippen LogP) is 2.04. The third-order valence-corrected chi connectivity index (χ3v) is 5.51. The van der Waals surface area contributed by atoms with E-state index in [-0.39, 0.29) is 10.1 Å². The Kier molecular flexibility index (Phi) is 4.86. The monoisotopic (exact) mass is 375 g/mol. The summed E-state index contributed by atoms with van der Waals surface area (Å²) in [7, 11) is -2.44. The van der Waals surface area contributed by atoms with Crippen LogP contribution in [0.2, 0.25) is 0 Å². The minimum Gasteiger partial charge on any atom is -0.497 e. The molecule has 0 atom stereocenters. The van der Waals surface area contributed by atoms with Crippen LogP contribution in [-0.2, 0) is 14.8 Å². The molecule has 1 aromatic carbocycles. The fourth-order valence-corrected chi connectivity index (χ4v) is 3.98. The molecule has 128 valence electrons. The second-order valence-electron chi connectivity index (χ2n) is 4.90. The molecule has 1 aromatic heterocycles. The van der Waals surface area contributed by atoms with Crippen molar-refractivity contribution in [2.24, 2.45) is 4.40 Å². The quantitative estimate of drug-likeness (QED) is 0.821. The van der Waals surface area contributed by atoms with Crippen LogP contribution in [-0.4, -0.2) is 31.6 Å². The van der Waals surface area contributed by atoms with Gasteiger partial charge < -0.3 is 4.74 Å². The summed E-state index contributed by atoms with van der Waals surface area (Å²) in [6, 6.07) is 9.38. The van der Waals surface area contributed by atoms with E-state index in [9.17, 15) is 13.2 Å². The van der Waals surface area contributed by atoms with Gasteiger partial charge in [-0.05, 0) is 53.7 Å². The Morgan fingerprint density at radius 3 is 2.64 bits per heavy atom. The summed E-state index contributed by atoms with van der Waals surface area (Å²) in [6.07, 6.45) is 4.85. The number of thioether (sulfide) groups is 1. The van der Waals surface area contributed by atoms with Gasteiger partial charge >= 0.3 is 0 Å². The van der Waals surface area contributed by atoms with Crippen molar-refractivity contribution in [1.82, 2.24) is 10.3 Å². The number of amides is 1. The molecule has 0 aliphatic carbocycles. The Morgan fingerprint density at radius 2 is 2.00 bits per heavy atom. The summed E-state index contributed by atoms with van der Waals surface area (Å²) in [6.45, 7) is 0. The molecule has 1 aliphatic heterocycles. The molecular formula is C16H13N3O4S2. The summed E-state index contributed by atoms with van der Waals surface area (Å²) >= 11 is 0.962. The van der Waals surface area contributed by atoms with Gasteiger partial charge in [0.15, 0.2) is 5.17 Å². The van der Waals surface area contributed by atoms with Crippen molar-refractivity contribution in [1.29, 1.82) is 0 Å². The van der Waals surface area contributed by atoms with E-state index in [1.165, 1.54) is 31.4 Å². The normalized spacial score (nSPS) is 17.7. The SMILES string of the molecule is COc1ccc(S(=O)(=O)/N=C2/NC(=O)/C(=C\c3cccnc3)S2)cc1. The fraction of sp³-hybridized carbons (Fsp3) is 0.0625. The molecule has 0 unspecified atom stereocenters. The lowest BCUT2D eigenvalue weighted by molar-refractivity contribution is -0.115. The third kappa shape index (κ3) is 4.06. The summed E-state index contributed by atoms with van der Waals surface area (Å²) in [5.41, 5.74) is 0.736. The zero-order chi connectivity index (χ0) is 17.9. The minimum atomic E-state index is -3.93. The zero-order valence-corrected chi connectivity index (χ0v) is 14.7. The average Bonchev–Trinajstić information content (AvgIpc) is 2.94. The molecule has 9 heteroatoms. The number of carbonyl (C=O) groups excluding carboxylic acids is 1. The molecule has 2 heterocycles. The number of ether oxygens (including phenoxy) is 1. The van der Waals surface area contributed by atoms with E-state index in [4.69, 9.17) is 4.74 Å². The number of benzene rings is 1. The minimum absolute atomic E-state index is 0.0101. The van der Waals surface area contributed by atoms with Gasteiger partial charge in [-0.3, -0.25) is 15.1 Å². The van der Waals surface area contributed by atoms with Crippen LogP contribution >= 0.6 is 11.8 Å². The van der Waals surface area contributed by atoms with Gasteiger partial charge in [-0.15, -0.1) is 4.40 Å². The molecule has 7 nitrogen and oxygen atoms in total.